The number of piperidine rings is 1. The summed E-state index contributed by atoms with van der Waals surface area (Å²) >= 11 is 3.12. The average Bonchev–Trinajstić information content (AvgIpc) is 3.07. The number of rotatable bonds is 2. The summed E-state index contributed by atoms with van der Waals surface area (Å²) in [4.78, 5) is 21.6. The summed E-state index contributed by atoms with van der Waals surface area (Å²) in [6.07, 6.45) is 3.80. The van der Waals surface area contributed by atoms with Crippen molar-refractivity contribution in [3.8, 4) is 0 Å². The van der Waals surface area contributed by atoms with E-state index in [-0.39, 0.29) is 30.8 Å². The van der Waals surface area contributed by atoms with Crippen LogP contribution in [0.4, 0.5) is 4.39 Å². The molecule has 144 valence electrons. The molecule has 0 bridgehead atoms. The predicted molar refractivity (Wildman–Crippen MR) is 90.4 cm³/mol. The van der Waals surface area contributed by atoms with E-state index in [0.717, 1.165) is 18.9 Å². The molecule has 2 saturated heterocycles. The van der Waals surface area contributed by atoms with Crippen LogP contribution in [0, 0.1) is 5.82 Å². The van der Waals surface area contributed by atoms with Gasteiger partial charge in [0.05, 0.1) is 0 Å². The number of nitrogens with zero attached hydrogens (tertiary/aromatic N) is 1. The second-order valence-electron chi connectivity index (χ2n) is 6.84. The molecule has 1 aliphatic carbocycles. The maximum Gasteiger partial charge on any atom is 0.245 e. The quantitative estimate of drug-likeness (QED) is 0.642. The molecule has 1 saturated carbocycles. The Kier molecular flexibility index (Phi) is 4.87. The lowest BCUT2D eigenvalue weighted by Crippen LogP contribution is -2.55. The maximum atomic E-state index is 14.1. The van der Waals surface area contributed by atoms with Gasteiger partial charge in [0.25, 0.3) is 0 Å². The molecule has 26 heavy (non-hydrogen) atoms. The zero-order valence-electron chi connectivity index (χ0n) is 13.9. The van der Waals surface area contributed by atoms with E-state index < -0.39 is 27.4 Å². The van der Waals surface area contributed by atoms with Crippen LogP contribution in [-0.4, -0.2) is 37.4 Å². The number of hydrogen-bond donors (Lipinski definition) is 0. The third-order valence-electron chi connectivity index (χ3n) is 5.05. The molecular formula is C16H19BrFNO6S. The first-order valence-corrected chi connectivity index (χ1v) is 10.8. The summed E-state index contributed by atoms with van der Waals surface area (Å²) in [5, 5.41) is 0. The van der Waals surface area contributed by atoms with Gasteiger partial charge in [0.2, 0.25) is 21.6 Å². The molecule has 0 radical (unpaired) electrons. The number of sulfonamides is 1. The van der Waals surface area contributed by atoms with Crippen LogP contribution in [0.2, 0.25) is 0 Å². The first-order valence-electron chi connectivity index (χ1n) is 8.53. The minimum absolute atomic E-state index is 0.109. The van der Waals surface area contributed by atoms with E-state index in [1.165, 1.54) is 16.4 Å². The van der Waals surface area contributed by atoms with Crippen LogP contribution in [0.5, 0.6) is 0 Å². The van der Waals surface area contributed by atoms with E-state index in [9.17, 15) is 12.8 Å². The highest BCUT2D eigenvalue weighted by Crippen LogP contribution is 2.43. The van der Waals surface area contributed by atoms with Gasteiger partial charge < -0.3 is 0 Å². The summed E-state index contributed by atoms with van der Waals surface area (Å²) in [5.41, 5.74) is 0. The van der Waals surface area contributed by atoms with Gasteiger partial charge in [-0.3, -0.25) is 0 Å². The molecular weight excluding hydrogens is 433 g/mol. The highest BCUT2D eigenvalue weighted by molar-refractivity contribution is 9.10. The van der Waals surface area contributed by atoms with E-state index in [1.807, 2.05) is 0 Å². The van der Waals surface area contributed by atoms with Crippen molar-refractivity contribution in [2.75, 3.05) is 13.1 Å². The van der Waals surface area contributed by atoms with Crippen molar-refractivity contribution in [1.29, 1.82) is 0 Å². The second kappa shape index (κ2) is 6.77. The highest BCUT2D eigenvalue weighted by Gasteiger charge is 2.52. The van der Waals surface area contributed by atoms with Crippen LogP contribution in [0.3, 0.4) is 0 Å². The molecule has 0 unspecified atom stereocenters. The lowest BCUT2D eigenvalue weighted by molar-refractivity contribution is -0.658. The van der Waals surface area contributed by atoms with Crippen LogP contribution < -0.4 is 0 Å². The lowest BCUT2D eigenvalue weighted by atomic mass is 10.1. The smallest absolute Gasteiger partial charge is 0.207 e. The standard InChI is InChI=1S/C16H19BrFNO6S/c17-12-3-4-14(13(18)11-12)26(20,21)19-9-7-16(8-10-19)24-22-15(23-25-16)5-1-2-6-15/h3-4,11H,1-2,5-10H2. The van der Waals surface area contributed by atoms with Crippen LogP contribution in [0.15, 0.2) is 27.6 Å². The Morgan fingerprint density at radius 1 is 0.962 bits per heavy atom. The van der Waals surface area contributed by atoms with Gasteiger partial charge in [0, 0.05) is 43.2 Å². The van der Waals surface area contributed by atoms with Gasteiger partial charge >= 0.3 is 0 Å². The summed E-state index contributed by atoms with van der Waals surface area (Å²) < 4.78 is 41.2. The highest BCUT2D eigenvalue weighted by atomic mass is 79.9. The van der Waals surface area contributed by atoms with Crippen LogP contribution in [0.1, 0.15) is 38.5 Å². The van der Waals surface area contributed by atoms with Gasteiger partial charge in [-0.15, -0.1) is 0 Å². The molecule has 1 aromatic carbocycles. The SMILES string of the molecule is O=S(=O)(c1ccc(Br)cc1F)N1CCC2(CC1)OOC1(CCCC1)OO2. The monoisotopic (exact) mass is 451 g/mol. The largest absolute Gasteiger partial charge is 0.245 e. The van der Waals surface area contributed by atoms with Crippen molar-refractivity contribution in [2.45, 2.75) is 55.0 Å². The zero-order chi connectivity index (χ0) is 18.4. The number of benzene rings is 1. The zero-order valence-corrected chi connectivity index (χ0v) is 16.4. The Bertz CT molecular complexity index is 778. The van der Waals surface area contributed by atoms with Gasteiger partial charge in [-0.2, -0.15) is 23.9 Å². The second-order valence-corrected chi connectivity index (χ2v) is 9.66. The fourth-order valence-electron chi connectivity index (χ4n) is 3.47. The van der Waals surface area contributed by atoms with Crippen LogP contribution in [0.25, 0.3) is 0 Å². The van der Waals surface area contributed by atoms with Gasteiger partial charge in [-0.05, 0) is 31.0 Å². The van der Waals surface area contributed by atoms with Crippen molar-refractivity contribution >= 4 is 26.0 Å². The first kappa shape index (κ1) is 18.7. The van der Waals surface area contributed by atoms with E-state index >= 15 is 0 Å². The molecule has 10 heteroatoms. The summed E-state index contributed by atoms with van der Waals surface area (Å²) in [6, 6.07) is 3.88. The molecule has 3 fully saturated rings. The lowest BCUT2D eigenvalue weighted by Gasteiger charge is -2.44. The Balaban J connectivity index is 1.43. The molecule has 0 aromatic heterocycles. The van der Waals surface area contributed by atoms with Crippen molar-refractivity contribution in [2.24, 2.45) is 0 Å². The Hall–Kier alpha value is -0.620. The maximum absolute atomic E-state index is 14.1. The van der Waals surface area contributed by atoms with Crippen LogP contribution in [-0.2, 0) is 29.6 Å². The van der Waals surface area contributed by atoms with E-state index in [0.29, 0.717) is 17.3 Å². The minimum Gasteiger partial charge on any atom is -0.207 e. The predicted octanol–water partition coefficient (Wildman–Crippen LogP) is 3.25. The summed E-state index contributed by atoms with van der Waals surface area (Å²) in [5.74, 6) is -2.76. The van der Waals surface area contributed by atoms with E-state index in [2.05, 4.69) is 15.9 Å². The topological polar surface area (TPSA) is 74.3 Å². The molecule has 4 rings (SSSR count). The molecule has 0 amide bonds. The summed E-state index contributed by atoms with van der Waals surface area (Å²) in [7, 11) is -3.94. The molecule has 0 atom stereocenters. The Morgan fingerprint density at radius 3 is 2.04 bits per heavy atom. The third-order valence-corrected chi connectivity index (χ3v) is 7.48. The fraction of sp³-hybridized carbons (Fsp3) is 0.625. The van der Waals surface area contributed by atoms with Gasteiger partial charge in [-0.1, -0.05) is 15.9 Å². The number of hydrogen-bond acceptors (Lipinski definition) is 6. The van der Waals surface area contributed by atoms with Gasteiger partial charge in [0.1, 0.15) is 10.7 Å². The van der Waals surface area contributed by atoms with E-state index in [1.54, 1.807) is 0 Å². The molecule has 2 heterocycles. The first-order chi connectivity index (χ1) is 12.3. The van der Waals surface area contributed by atoms with E-state index in [4.69, 9.17) is 19.6 Å². The van der Waals surface area contributed by atoms with Crippen molar-refractivity contribution in [1.82, 2.24) is 4.31 Å². The molecule has 3 aliphatic rings. The number of halogens is 2. The van der Waals surface area contributed by atoms with Crippen LogP contribution >= 0.6 is 15.9 Å². The van der Waals surface area contributed by atoms with Gasteiger partial charge in [-0.25, -0.2) is 12.8 Å². The Morgan fingerprint density at radius 2 is 1.50 bits per heavy atom. The average molecular weight is 452 g/mol. The van der Waals surface area contributed by atoms with Crippen molar-refractivity contribution in [3.63, 3.8) is 0 Å². The molecule has 7 nitrogen and oxygen atoms in total. The molecule has 0 N–H and O–H groups in total. The molecule has 2 aliphatic heterocycles. The third kappa shape index (κ3) is 3.32. The van der Waals surface area contributed by atoms with Gasteiger partial charge in [0.15, 0.2) is 0 Å². The Labute approximate surface area is 159 Å². The minimum atomic E-state index is -3.94. The van der Waals surface area contributed by atoms with Crippen molar-refractivity contribution in [3.05, 3.63) is 28.5 Å². The normalized spacial score (nSPS) is 25.8. The van der Waals surface area contributed by atoms with Crippen molar-refractivity contribution < 1.29 is 32.4 Å². The molecule has 2 spiro atoms. The summed E-state index contributed by atoms with van der Waals surface area (Å²) in [6.45, 7) is 0.217. The fourth-order valence-corrected chi connectivity index (χ4v) is 5.29. The molecule has 1 aromatic rings.